The predicted octanol–water partition coefficient (Wildman–Crippen LogP) is 10.3. The summed E-state index contributed by atoms with van der Waals surface area (Å²) < 4.78 is 0. The molecule has 6 heteroatoms. The van der Waals surface area contributed by atoms with Crippen molar-refractivity contribution in [3.8, 4) is 0 Å². The van der Waals surface area contributed by atoms with Crippen LogP contribution < -0.4 is 0 Å². The quantitative estimate of drug-likeness (QED) is 0.0710. The van der Waals surface area contributed by atoms with Crippen LogP contribution in [0.25, 0.3) is 0 Å². The van der Waals surface area contributed by atoms with Gasteiger partial charge in [0.25, 0.3) is 0 Å². The highest BCUT2D eigenvalue weighted by Crippen LogP contribution is 2.46. The van der Waals surface area contributed by atoms with Crippen molar-refractivity contribution in [2.75, 3.05) is 12.3 Å². The van der Waals surface area contributed by atoms with Crippen molar-refractivity contribution in [3.63, 3.8) is 0 Å². The second kappa shape index (κ2) is 25.8. The SMILES string of the molecule is CCCCCCC(=O)P(CCCP(C(=O)CCCCCC)C(=O)CCCCCC)C(=O)CCCCCC. The summed E-state index contributed by atoms with van der Waals surface area (Å²) in [5, 5.41) is 0. The highest BCUT2D eigenvalue weighted by Gasteiger charge is 2.28. The van der Waals surface area contributed by atoms with Crippen LogP contribution in [0.3, 0.4) is 0 Å². The molecule has 0 N–H and O–H groups in total. The van der Waals surface area contributed by atoms with Gasteiger partial charge in [-0.25, -0.2) is 0 Å². The van der Waals surface area contributed by atoms with Crippen LogP contribution in [0.1, 0.15) is 163 Å². The number of unbranched alkanes of at least 4 members (excludes halogenated alkanes) is 12. The van der Waals surface area contributed by atoms with Crippen molar-refractivity contribution in [2.45, 2.75) is 163 Å². The van der Waals surface area contributed by atoms with Crippen molar-refractivity contribution in [2.24, 2.45) is 0 Å². The van der Waals surface area contributed by atoms with Gasteiger partial charge < -0.3 is 0 Å². The fraction of sp³-hybridized carbons (Fsp3) is 0.871. The molecule has 216 valence electrons. The Hall–Kier alpha value is -0.460. The zero-order chi connectivity index (χ0) is 27.7. The van der Waals surface area contributed by atoms with E-state index in [-0.39, 0.29) is 22.1 Å². The standard InChI is InChI=1S/C31H58O4P2/c1-5-9-13-17-22-28(32)36(29(33)23-18-14-10-6-2)26-21-27-37(30(34)24-19-15-11-7-3)31(35)25-20-16-12-8-4/h5-27H2,1-4H3. The number of hydrogen-bond acceptors (Lipinski definition) is 4. The van der Waals surface area contributed by atoms with Gasteiger partial charge >= 0.3 is 0 Å². The van der Waals surface area contributed by atoms with Crippen LogP contribution in [0, 0.1) is 0 Å². The Morgan fingerprint density at radius 1 is 0.351 bits per heavy atom. The summed E-state index contributed by atoms with van der Waals surface area (Å²) in [4.78, 5) is 52.3. The molecule has 37 heavy (non-hydrogen) atoms. The lowest BCUT2D eigenvalue weighted by molar-refractivity contribution is -0.115. The average molecular weight is 557 g/mol. The van der Waals surface area contributed by atoms with E-state index in [1.54, 1.807) is 0 Å². The maximum Gasteiger partial charge on any atom is 0.161 e. The molecule has 0 aliphatic carbocycles. The molecule has 0 fully saturated rings. The van der Waals surface area contributed by atoms with Gasteiger partial charge in [0, 0.05) is 41.5 Å². The minimum Gasteiger partial charge on any atom is -0.294 e. The summed E-state index contributed by atoms with van der Waals surface area (Å²) in [6.07, 6.45) is 20.5. The molecule has 0 atom stereocenters. The van der Waals surface area contributed by atoms with E-state index >= 15 is 0 Å². The van der Waals surface area contributed by atoms with Gasteiger partial charge in [0.2, 0.25) is 0 Å². The normalized spacial score (nSPS) is 11.4. The Balaban J connectivity index is 5.12. The summed E-state index contributed by atoms with van der Waals surface area (Å²) in [5.74, 6) is 0. The summed E-state index contributed by atoms with van der Waals surface area (Å²) in [5.41, 5.74) is 0.584. The molecule has 0 spiro atoms. The second-order valence-corrected chi connectivity index (χ2v) is 15.1. The van der Waals surface area contributed by atoms with Crippen LogP contribution in [0.2, 0.25) is 0 Å². The fourth-order valence-corrected chi connectivity index (χ4v) is 8.98. The van der Waals surface area contributed by atoms with Gasteiger partial charge in [-0.1, -0.05) is 105 Å². The van der Waals surface area contributed by atoms with E-state index in [1.165, 1.54) is 0 Å². The lowest BCUT2D eigenvalue weighted by atomic mass is 10.2. The van der Waals surface area contributed by atoms with E-state index < -0.39 is 15.8 Å². The third-order valence-corrected chi connectivity index (χ3v) is 11.8. The van der Waals surface area contributed by atoms with Gasteiger partial charge in [0.15, 0.2) is 22.1 Å². The Morgan fingerprint density at radius 2 is 0.595 bits per heavy atom. The lowest BCUT2D eigenvalue weighted by Gasteiger charge is -2.18. The van der Waals surface area contributed by atoms with Crippen LogP contribution in [-0.4, -0.2) is 34.4 Å². The Labute approximate surface area is 231 Å². The maximum atomic E-state index is 13.1. The molecule has 0 bridgehead atoms. The lowest BCUT2D eigenvalue weighted by Crippen LogP contribution is -2.12. The minimum absolute atomic E-state index is 0.146. The van der Waals surface area contributed by atoms with Gasteiger partial charge in [-0.15, -0.1) is 0 Å². The van der Waals surface area contributed by atoms with E-state index in [9.17, 15) is 19.2 Å². The highest BCUT2D eigenvalue weighted by atomic mass is 31.1. The first kappa shape index (κ1) is 36.5. The Bertz CT molecular complexity index is 520. The molecule has 0 rings (SSSR count). The van der Waals surface area contributed by atoms with Gasteiger partial charge in [-0.05, 0) is 44.4 Å². The topological polar surface area (TPSA) is 68.3 Å². The molecule has 0 aromatic rings. The third-order valence-electron chi connectivity index (χ3n) is 6.94. The van der Waals surface area contributed by atoms with Gasteiger partial charge in [-0.2, -0.15) is 0 Å². The Kier molecular flexibility index (Phi) is 25.5. The largest absolute Gasteiger partial charge is 0.294 e. The summed E-state index contributed by atoms with van der Waals surface area (Å²) in [7, 11) is -2.63. The number of carbonyl (C=O) groups is 4. The minimum atomic E-state index is -1.32. The van der Waals surface area contributed by atoms with Crippen molar-refractivity contribution in [1.82, 2.24) is 0 Å². The molecule has 0 saturated heterocycles. The van der Waals surface area contributed by atoms with Crippen LogP contribution in [-0.2, 0) is 19.2 Å². The predicted molar refractivity (Wildman–Crippen MR) is 163 cm³/mol. The van der Waals surface area contributed by atoms with Gasteiger partial charge in [0.05, 0.1) is 0 Å². The molecule has 0 radical (unpaired) electrons. The zero-order valence-electron chi connectivity index (χ0n) is 24.8. The molecule has 0 heterocycles. The average Bonchev–Trinajstić information content (AvgIpc) is 2.89. The first-order valence-corrected chi connectivity index (χ1v) is 18.6. The van der Waals surface area contributed by atoms with E-state index in [1.807, 2.05) is 0 Å². The molecule has 0 aliphatic heterocycles. The number of carbonyl (C=O) groups excluding carboxylic acids is 4. The van der Waals surface area contributed by atoms with Crippen molar-refractivity contribution >= 4 is 37.9 Å². The number of hydrogen-bond donors (Lipinski definition) is 0. The van der Waals surface area contributed by atoms with E-state index in [0.717, 1.165) is 103 Å². The molecule has 0 aromatic heterocycles. The fourth-order valence-electron chi connectivity index (χ4n) is 4.52. The molecular formula is C31H58O4P2. The molecule has 0 aromatic carbocycles. The molecule has 0 saturated carbocycles. The number of rotatable bonds is 28. The van der Waals surface area contributed by atoms with Crippen LogP contribution in [0.4, 0.5) is 0 Å². The summed E-state index contributed by atoms with van der Waals surface area (Å²) >= 11 is 0. The van der Waals surface area contributed by atoms with E-state index in [4.69, 9.17) is 0 Å². The van der Waals surface area contributed by atoms with Crippen LogP contribution in [0.15, 0.2) is 0 Å². The van der Waals surface area contributed by atoms with E-state index in [2.05, 4.69) is 27.7 Å². The van der Waals surface area contributed by atoms with Crippen molar-refractivity contribution in [1.29, 1.82) is 0 Å². The second-order valence-electron chi connectivity index (χ2n) is 10.5. The first-order chi connectivity index (χ1) is 17.9. The Morgan fingerprint density at radius 3 is 0.811 bits per heavy atom. The van der Waals surface area contributed by atoms with Crippen LogP contribution >= 0.6 is 15.8 Å². The maximum absolute atomic E-state index is 13.1. The van der Waals surface area contributed by atoms with E-state index in [0.29, 0.717) is 44.4 Å². The molecule has 0 unspecified atom stereocenters. The summed E-state index contributed by atoms with van der Waals surface area (Å²) in [6.45, 7) is 8.62. The molecule has 4 nitrogen and oxygen atoms in total. The summed E-state index contributed by atoms with van der Waals surface area (Å²) in [6, 6.07) is 0. The molecular weight excluding hydrogens is 498 g/mol. The van der Waals surface area contributed by atoms with Crippen LogP contribution in [0.5, 0.6) is 0 Å². The molecule has 0 amide bonds. The van der Waals surface area contributed by atoms with Gasteiger partial charge in [0.1, 0.15) is 0 Å². The smallest absolute Gasteiger partial charge is 0.161 e. The van der Waals surface area contributed by atoms with Gasteiger partial charge in [-0.3, -0.25) is 19.2 Å². The monoisotopic (exact) mass is 556 g/mol. The zero-order valence-corrected chi connectivity index (χ0v) is 26.6. The van der Waals surface area contributed by atoms with Crippen molar-refractivity contribution < 1.29 is 19.2 Å². The third kappa shape index (κ3) is 19.3. The highest BCUT2D eigenvalue weighted by molar-refractivity contribution is 7.90. The first-order valence-electron chi connectivity index (χ1n) is 15.6. The molecule has 0 aliphatic rings. The van der Waals surface area contributed by atoms with Crippen molar-refractivity contribution in [3.05, 3.63) is 0 Å².